The summed E-state index contributed by atoms with van der Waals surface area (Å²) in [5.41, 5.74) is 1.27. The number of urea groups is 1. The Hall–Kier alpha value is -1.88. The zero-order valence-electron chi connectivity index (χ0n) is 11.8. The van der Waals surface area contributed by atoms with E-state index in [9.17, 15) is 9.59 Å². The molecule has 0 radical (unpaired) electrons. The van der Waals surface area contributed by atoms with Crippen LogP contribution in [0.2, 0.25) is 0 Å². The highest BCUT2D eigenvalue weighted by atomic mass is 16.5. The Kier molecular flexibility index (Phi) is 2.79. The fourth-order valence-corrected chi connectivity index (χ4v) is 3.75. The molecule has 2 saturated heterocycles. The molecule has 1 aliphatic carbocycles. The molecule has 1 aromatic rings. The molecule has 3 aliphatic rings. The van der Waals surface area contributed by atoms with Gasteiger partial charge in [0.15, 0.2) is 0 Å². The SMILES string of the molecule is O=C1NC2(CCc3ccccc32)C(=O)N1CC1CCCO1. The van der Waals surface area contributed by atoms with Crippen LogP contribution in [-0.4, -0.2) is 36.1 Å². The average molecular weight is 286 g/mol. The number of fused-ring (bicyclic) bond motifs is 2. The van der Waals surface area contributed by atoms with Gasteiger partial charge in [0, 0.05) is 6.61 Å². The van der Waals surface area contributed by atoms with Gasteiger partial charge in [-0.25, -0.2) is 4.79 Å². The van der Waals surface area contributed by atoms with E-state index in [0.717, 1.165) is 37.0 Å². The monoisotopic (exact) mass is 286 g/mol. The van der Waals surface area contributed by atoms with Gasteiger partial charge in [0.05, 0.1) is 12.6 Å². The van der Waals surface area contributed by atoms with Gasteiger partial charge in [0.1, 0.15) is 5.54 Å². The molecule has 1 spiro atoms. The summed E-state index contributed by atoms with van der Waals surface area (Å²) in [6, 6.07) is 7.60. The van der Waals surface area contributed by atoms with Crippen molar-refractivity contribution in [2.75, 3.05) is 13.2 Å². The highest BCUT2D eigenvalue weighted by Crippen LogP contribution is 2.41. The van der Waals surface area contributed by atoms with E-state index in [1.807, 2.05) is 24.3 Å². The first-order valence-corrected chi connectivity index (χ1v) is 7.55. The van der Waals surface area contributed by atoms with Gasteiger partial charge in [0.2, 0.25) is 0 Å². The van der Waals surface area contributed by atoms with Crippen LogP contribution in [0.25, 0.3) is 0 Å². The summed E-state index contributed by atoms with van der Waals surface area (Å²) in [6.45, 7) is 1.09. The maximum absolute atomic E-state index is 12.9. The molecule has 110 valence electrons. The quantitative estimate of drug-likeness (QED) is 0.839. The van der Waals surface area contributed by atoms with Gasteiger partial charge in [-0.05, 0) is 36.8 Å². The van der Waals surface area contributed by atoms with E-state index in [4.69, 9.17) is 4.74 Å². The van der Waals surface area contributed by atoms with Crippen molar-refractivity contribution >= 4 is 11.9 Å². The number of nitrogens with zero attached hydrogens (tertiary/aromatic N) is 1. The van der Waals surface area contributed by atoms with Gasteiger partial charge < -0.3 is 10.1 Å². The van der Waals surface area contributed by atoms with Crippen molar-refractivity contribution in [3.8, 4) is 0 Å². The van der Waals surface area contributed by atoms with E-state index in [1.54, 1.807) is 0 Å². The summed E-state index contributed by atoms with van der Waals surface area (Å²) in [5.74, 6) is -0.118. The van der Waals surface area contributed by atoms with Crippen molar-refractivity contribution < 1.29 is 14.3 Å². The fourth-order valence-electron chi connectivity index (χ4n) is 3.75. The number of hydrogen-bond acceptors (Lipinski definition) is 3. The van der Waals surface area contributed by atoms with Crippen LogP contribution >= 0.6 is 0 Å². The smallest absolute Gasteiger partial charge is 0.325 e. The molecule has 2 aliphatic heterocycles. The van der Waals surface area contributed by atoms with E-state index >= 15 is 0 Å². The molecule has 3 amide bonds. The zero-order chi connectivity index (χ0) is 14.4. The molecule has 5 heteroatoms. The lowest BCUT2D eigenvalue weighted by Crippen LogP contribution is -2.42. The molecule has 2 fully saturated rings. The van der Waals surface area contributed by atoms with Crippen molar-refractivity contribution in [2.45, 2.75) is 37.3 Å². The predicted octanol–water partition coefficient (Wildman–Crippen LogP) is 1.56. The Labute approximate surface area is 123 Å². The third-order valence-corrected chi connectivity index (χ3v) is 4.83. The van der Waals surface area contributed by atoms with E-state index < -0.39 is 5.54 Å². The van der Waals surface area contributed by atoms with Crippen LogP contribution in [0.1, 0.15) is 30.4 Å². The summed E-state index contributed by atoms with van der Waals surface area (Å²) in [6.07, 6.45) is 3.39. The molecule has 2 atom stereocenters. The van der Waals surface area contributed by atoms with Crippen molar-refractivity contribution in [3.63, 3.8) is 0 Å². The number of aryl methyl sites for hydroxylation is 1. The first-order valence-electron chi connectivity index (χ1n) is 7.55. The fraction of sp³-hybridized carbons (Fsp3) is 0.500. The first kappa shape index (κ1) is 12.8. The van der Waals surface area contributed by atoms with E-state index in [0.29, 0.717) is 13.0 Å². The van der Waals surface area contributed by atoms with Gasteiger partial charge in [-0.3, -0.25) is 9.69 Å². The molecule has 0 saturated carbocycles. The molecule has 21 heavy (non-hydrogen) atoms. The van der Waals surface area contributed by atoms with Crippen molar-refractivity contribution in [1.29, 1.82) is 0 Å². The Bertz CT molecular complexity index is 609. The van der Waals surface area contributed by atoms with Crippen LogP contribution in [0.3, 0.4) is 0 Å². The summed E-state index contributed by atoms with van der Waals surface area (Å²) < 4.78 is 5.56. The van der Waals surface area contributed by atoms with Gasteiger partial charge in [-0.15, -0.1) is 0 Å². The lowest BCUT2D eigenvalue weighted by atomic mass is 9.92. The van der Waals surface area contributed by atoms with Crippen LogP contribution in [0.4, 0.5) is 4.79 Å². The normalized spacial score (nSPS) is 31.0. The number of benzene rings is 1. The Balaban J connectivity index is 1.64. The number of carbonyl (C=O) groups is 2. The Morgan fingerprint density at radius 2 is 2.19 bits per heavy atom. The second-order valence-corrected chi connectivity index (χ2v) is 6.04. The minimum Gasteiger partial charge on any atom is -0.376 e. The van der Waals surface area contributed by atoms with E-state index in [-0.39, 0.29) is 18.0 Å². The van der Waals surface area contributed by atoms with Crippen LogP contribution in [0, 0.1) is 0 Å². The number of imide groups is 1. The second kappa shape index (κ2) is 4.56. The number of nitrogens with one attached hydrogen (secondary N) is 1. The first-order chi connectivity index (χ1) is 10.2. The second-order valence-electron chi connectivity index (χ2n) is 6.04. The minimum atomic E-state index is -0.841. The van der Waals surface area contributed by atoms with Crippen molar-refractivity contribution in [1.82, 2.24) is 10.2 Å². The molecular formula is C16H18N2O3. The summed E-state index contributed by atoms with van der Waals surface area (Å²) in [5, 5.41) is 2.94. The number of ether oxygens (including phenoxy) is 1. The Morgan fingerprint density at radius 3 is 3.00 bits per heavy atom. The van der Waals surface area contributed by atoms with E-state index in [2.05, 4.69) is 5.32 Å². The Morgan fingerprint density at radius 1 is 1.33 bits per heavy atom. The standard InChI is InChI=1S/C16H18N2O3/c19-14-16(8-7-11-4-1-2-6-13(11)16)17-15(20)18(14)10-12-5-3-9-21-12/h1-2,4,6,12H,3,5,7-10H2,(H,17,20). The van der Waals surface area contributed by atoms with Crippen LogP contribution in [-0.2, 0) is 21.5 Å². The van der Waals surface area contributed by atoms with Crippen LogP contribution < -0.4 is 5.32 Å². The topological polar surface area (TPSA) is 58.6 Å². The minimum absolute atomic E-state index is 0.00787. The maximum Gasteiger partial charge on any atom is 0.325 e. The summed E-state index contributed by atoms with van der Waals surface area (Å²) >= 11 is 0. The molecule has 0 bridgehead atoms. The zero-order valence-corrected chi connectivity index (χ0v) is 11.8. The molecule has 4 rings (SSSR count). The summed E-state index contributed by atoms with van der Waals surface area (Å²) in [7, 11) is 0. The molecular weight excluding hydrogens is 268 g/mol. The average Bonchev–Trinajstić information content (AvgIpc) is 3.17. The third kappa shape index (κ3) is 1.80. The molecule has 1 N–H and O–H groups in total. The maximum atomic E-state index is 12.9. The van der Waals surface area contributed by atoms with Crippen LogP contribution in [0.15, 0.2) is 24.3 Å². The largest absolute Gasteiger partial charge is 0.376 e. The van der Waals surface area contributed by atoms with Gasteiger partial charge in [-0.2, -0.15) is 0 Å². The third-order valence-electron chi connectivity index (χ3n) is 4.83. The molecule has 5 nitrogen and oxygen atoms in total. The van der Waals surface area contributed by atoms with Gasteiger partial charge in [0.25, 0.3) is 5.91 Å². The summed E-state index contributed by atoms with van der Waals surface area (Å²) in [4.78, 5) is 26.5. The molecule has 2 heterocycles. The highest BCUT2D eigenvalue weighted by Gasteiger charge is 2.55. The van der Waals surface area contributed by atoms with Crippen molar-refractivity contribution in [3.05, 3.63) is 35.4 Å². The molecule has 1 aromatic carbocycles. The predicted molar refractivity (Wildman–Crippen MR) is 75.7 cm³/mol. The molecule has 0 aromatic heterocycles. The number of carbonyl (C=O) groups excluding carboxylic acids is 2. The number of amides is 3. The number of rotatable bonds is 2. The van der Waals surface area contributed by atoms with Gasteiger partial charge >= 0.3 is 6.03 Å². The van der Waals surface area contributed by atoms with E-state index in [1.165, 1.54) is 4.90 Å². The highest BCUT2D eigenvalue weighted by molar-refractivity contribution is 6.08. The van der Waals surface area contributed by atoms with Gasteiger partial charge in [-0.1, -0.05) is 24.3 Å². The van der Waals surface area contributed by atoms with Crippen molar-refractivity contribution in [2.24, 2.45) is 0 Å². The lowest BCUT2D eigenvalue weighted by molar-refractivity contribution is -0.132. The van der Waals surface area contributed by atoms with Crippen LogP contribution in [0.5, 0.6) is 0 Å². The molecule has 2 unspecified atom stereocenters. The number of hydrogen-bond donors (Lipinski definition) is 1. The lowest BCUT2D eigenvalue weighted by Gasteiger charge is -2.23.